The lowest BCUT2D eigenvalue weighted by Crippen LogP contribution is -2.11. The van der Waals surface area contributed by atoms with Crippen LogP contribution in [0, 0.1) is 0 Å². The van der Waals surface area contributed by atoms with Crippen molar-refractivity contribution in [3.8, 4) is 17.2 Å². The van der Waals surface area contributed by atoms with Gasteiger partial charge in [0.15, 0.2) is 16.7 Å². The lowest BCUT2D eigenvalue weighted by atomic mass is 10.2. The van der Waals surface area contributed by atoms with Crippen LogP contribution < -0.4 is 19.8 Å². The Balaban J connectivity index is 2.92. The molecule has 6 nitrogen and oxygen atoms in total. The molecule has 1 aromatic carbocycles. The van der Waals surface area contributed by atoms with Crippen LogP contribution in [-0.4, -0.2) is 37.6 Å². The molecule has 0 saturated carbocycles. The van der Waals surface area contributed by atoms with Gasteiger partial charge in [-0.2, -0.15) is 0 Å². The number of ether oxygens (including phenoxy) is 3. The summed E-state index contributed by atoms with van der Waals surface area (Å²) in [6.45, 7) is 0. The lowest BCUT2D eigenvalue weighted by Gasteiger charge is -2.14. The molecule has 0 amide bonds. The normalized spacial score (nSPS) is 10.5. The van der Waals surface area contributed by atoms with E-state index in [9.17, 15) is 4.79 Å². The molecule has 7 heteroatoms. The first-order valence-electron chi connectivity index (χ1n) is 5.43. The summed E-state index contributed by atoms with van der Waals surface area (Å²) in [5.41, 5.74) is 0.231. The highest BCUT2D eigenvalue weighted by Crippen LogP contribution is 2.41. The highest BCUT2D eigenvalue weighted by atomic mass is 32.2. The van der Waals surface area contributed by atoms with Gasteiger partial charge in [0.2, 0.25) is 5.75 Å². The van der Waals surface area contributed by atoms with Gasteiger partial charge in [-0.1, -0.05) is 11.8 Å². The van der Waals surface area contributed by atoms with E-state index in [1.807, 2.05) is 6.26 Å². The number of benzene rings is 1. The zero-order valence-electron chi connectivity index (χ0n) is 11.1. The summed E-state index contributed by atoms with van der Waals surface area (Å²) in [6.07, 6.45) is 1.84. The predicted octanol–water partition coefficient (Wildman–Crippen LogP) is 1.67. The van der Waals surface area contributed by atoms with Crippen molar-refractivity contribution in [2.75, 3.05) is 27.6 Å². The van der Waals surface area contributed by atoms with E-state index in [-0.39, 0.29) is 5.56 Å². The molecule has 0 spiro atoms. The van der Waals surface area contributed by atoms with E-state index in [0.717, 1.165) is 0 Å². The number of aromatic nitrogens is 2. The van der Waals surface area contributed by atoms with Crippen LogP contribution >= 0.6 is 11.8 Å². The van der Waals surface area contributed by atoms with E-state index < -0.39 is 0 Å². The van der Waals surface area contributed by atoms with Gasteiger partial charge in [0, 0.05) is 6.07 Å². The molecule has 0 radical (unpaired) electrons. The fourth-order valence-corrected chi connectivity index (χ4v) is 2.23. The zero-order chi connectivity index (χ0) is 14.0. The minimum absolute atomic E-state index is 0.271. The number of rotatable bonds is 4. The van der Waals surface area contributed by atoms with Crippen LogP contribution in [0.2, 0.25) is 0 Å². The van der Waals surface area contributed by atoms with Gasteiger partial charge in [0.25, 0.3) is 5.56 Å². The summed E-state index contributed by atoms with van der Waals surface area (Å²) in [4.78, 5) is 19.1. The van der Waals surface area contributed by atoms with Crippen molar-refractivity contribution >= 4 is 22.7 Å². The predicted molar refractivity (Wildman–Crippen MR) is 73.8 cm³/mol. The number of thioether (sulfide) groups is 1. The molecule has 2 aromatic rings. The molecule has 1 heterocycles. The van der Waals surface area contributed by atoms with Crippen molar-refractivity contribution in [2.45, 2.75) is 5.16 Å². The first kappa shape index (κ1) is 13.5. The van der Waals surface area contributed by atoms with Gasteiger partial charge in [-0.15, -0.1) is 0 Å². The maximum atomic E-state index is 12.1. The third-order valence-electron chi connectivity index (χ3n) is 2.67. The first-order valence-corrected chi connectivity index (χ1v) is 6.65. The van der Waals surface area contributed by atoms with Crippen molar-refractivity contribution in [2.24, 2.45) is 0 Å². The van der Waals surface area contributed by atoms with Crippen molar-refractivity contribution in [1.82, 2.24) is 9.97 Å². The van der Waals surface area contributed by atoms with Gasteiger partial charge in [-0.05, 0) is 6.26 Å². The maximum Gasteiger partial charge on any atom is 0.263 e. The van der Waals surface area contributed by atoms with Crippen LogP contribution in [0.15, 0.2) is 16.0 Å². The van der Waals surface area contributed by atoms with E-state index in [2.05, 4.69) is 9.97 Å². The SMILES string of the molecule is COc1cc2nc(SC)[nH]c(=O)c2c(OC)c1OC. The van der Waals surface area contributed by atoms with Crippen LogP contribution in [0.3, 0.4) is 0 Å². The molecule has 19 heavy (non-hydrogen) atoms. The molecule has 0 unspecified atom stereocenters. The second-order valence-corrected chi connectivity index (χ2v) is 4.41. The molecule has 0 saturated heterocycles. The van der Waals surface area contributed by atoms with E-state index in [1.165, 1.54) is 33.1 Å². The second kappa shape index (κ2) is 5.40. The van der Waals surface area contributed by atoms with Crippen LogP contribution in [0.4, 0.5) is 0 Å². The Morgan fingerprint density at radius 3 is 2.37 bits per heavy atom. The Hall–Kier alpha value is -1.89. The number of aromatic amines is 1. The fraction of sp³-hybridized carbons (Fsp3) is 0.333. The number of nitrogens with zero attached hydrogens (tertiary/aromatic N) is 1. The Morgan fingerprint density at radius 1 is 1.16 bits per heavy atom. The summed E-state index contributed by atoms with van der Waals surface area (Å²) < 4.78 is 15.8. The monoisotopic (exact) mass is 282 g/mol. The molecule has 0 atom stereocenters. The Labute approximate surface area is 114 Å². The van der Waals surface area contributed by atoms with Gasteiger partial charge < -0.3 is 19.2 Å². The Kier molecular flexibility index (Phi) is 3.84. The minimum Gasteiger partial charge on any atom is -0.493 e. The summed E-state index contributed by atoms with van der Waals surface area (Å²) in [6, 6.07) is 1.66. The summed E-state index contributed by atoms with van der Waals surface area (Å²) in [7, 11) is 4.48. The molecule has 0 aliphatic carbocycles. The third kappa shape index (κ3) is 2.21. The van der Waals surface area contributed by atoms with Crippen LogP contribution in [0.5, 0.6) is 17.2 Å². The molecule has 0 aliphatic rings. The molecular weight excluding hydrogens is 268 g/mol. The number of H-pyrrole nitrogens is 1. The maximum absolute atomic E-state index is 12.1. The largest absolute Gasteiger partial charge is 0.493 e. The van der Waals surface area contributed by atoms with Gasteiger partial charge >= 0.3 is 0 Å². The molecule has 0 bridgehead atoms. The number of nitrogens with one attached hydrogen (secondary N) is 1. The summed E-state index contributed by atoms with van der Waals surface area (Å²) in [5.74, 6) is 1.16. The average Bonchev–Trinajstić information content (AvgIpc) is 2.44. The Bertz CT molecular complexity index is 669. The number of fused-ring (bicyclic) bond motifs is 1. The molecular formula is C12H14N2O4S. The van der Waals surface area contributed by atoms with Gasteiger partial charge in [-0.25, -0.2) is 4.98 Å². The molecule has 1 aromatic heterocycles. The van der Waals surface area contributed by atoms with Crippen molar-refractivity contribution < 1.29 is 14.2 Å². The smallest absolute Gasteiger partial charge is 0.263 e. The average molecular weight is 282 g/mol. The highest BCUT2D eigenvalue weighted by Gasteiger charge is 2.19. The van der Waals surface area contributed by atoms with Crippen LogP contribution in [0.1, 0.15) is 0 Å². The second-order valence-electron chi connectivity index (χ2n) is 3.61. The lowest BCUT2D eigenvalue weighted by molar-refractivity contribution is 0.327. The highest BCUT2D eigenvalue weighted by molar-refractivity contribution is 7.98. The number of hydrogen-bond acceptors (Lipinski definition) is 6. The summed E-state index contributed by atoms with van der Waals surface area (Å²) in [5, 5.41) is 0.879. The molecule has 0 aliphatic heterocycles. The Morgan fingerprint density at radius 2 is 1.84 bits per heavy atom. The zero-order valence-corrected chi connectivity index (χ0v) is 11.9. The number of methoxy groups -OCH3 is 3. The molecule has 0 fully saturated rings. The molecule has 1 N–H and O–H groups in total. The van der Waals surface area contributed by atoms with Gasteiger partial charge in [0.05, 0.1) is 26.8 Å². The standard InChI is InChI=1S/C12H14N2O4S/c1-16-7-5-6-8(10(18-3)9(7)17-2)11(15)14-12(13-6)19-4/h5H,1-4H3,(H,13,14,15). The third-order valence-corrected chi connectivity index (χ3v) is 3.25. The van der Waals surface area contributed by atoms with Crippen LogP contribution in [0.25, 0.3) is 10.9 Å². The van der Waals surface area contributed by atoms with Crippen LogP contribution in [-0.2, 0) is 0 Å². The van der Waals surface area contributed by atoms with Gasteiger partial charge in [-0.3, -0.25) is 4.79 Å². The van der Waals surface area contributed by atoms with E-state index >= 15 is 0 Å². The first-order chi connectivity index (χ1) is 9.15. The topological polar surface area (TPSA) is 73.4 Å². The van der Waals surface area contributed by atoms with Crippen molar-refractivity contribution in [3.63, 3.8) is 0 Å². The quantitative estimate of drug-likeness (QED) is 0.679. The van der Waals surface area contributed by atoms with E-state index in [0.29, 0.717) is 33.3 Å². The fourth-order valence-electron chi connectivity index (χ4n) is 1.84. The number of hydrogen-bond donors (Lipinski definition) is 1. The minimum atomic E-state index is -0.271. The van der Waals surface area contributed by atoms with Gasteiger partial charge in [0.1, 0.15) is 5.39 Å². The van der Waals surface area contributed by atoms with Crippen molar-refractivity contribution in [1.29, 1.82) is 0 Å². The molecule has 102 valence electrons. The summed E-state index contributed by atoms with van der Waals surface area (Å²) >= 11 is 1.36. The van der Waals surface area contributed by atoms with Crippen molar-refractivity contribution in [3.05, 3.63) is 16.4 Å². The van der Waals surface area contributed by atoms with E-state index in [4.69, 9.17) is 14.2 Å². The van der Waals surface area contributed by atoms with E-state index in [1.54, 1.807) is 6.07 Å². The molecule has 2 rings (SSSR count).